The van der Waals surface area contributed by atoms with Gasteiger partial charge in [0, 0.05) is 51.1 Å². The van der Waals surface area contributed by atoms with E-state index in [1.165, 1.54) is 0 Å². The second kappa shape index (κ2) is 11.5. The number of aryl methyl sites for hydroxylation is 1. The summed E-state index contributed by atoms with van der Waals surface area (Å²) in [5, 5.41) is 3.55. The monoisotopic (exact) mass is 476 g/mol. The number of rotatable bonds is 8. The summed E-state index contributed by atoms with van der Waals surface area (Å²) in [6, 6.07) is 7.42. The fourth-order valence-corrected chi connectivity index (χ4v) is 3.76. The molecule has 3 rings (SSSR count). The Bertz CT molecular complexity index is 933. The summed E-state index contributed by atoms with van der Waals surface area (Å²) in [6.07, 6.45) is 2.99. The largest absolute Gasteiger partial charge is 0.444 e. The highest BCUT2D eigenvalue weighted by atomic mass is 35.5. The van der Waals surface area contributed by atoms with Crippen molar-refractivity contribution in [2.24, 2.45) is 0 Å². The van der Waals surface area contributed by atoms with Crippen LogP contribution in [0.3, 0.4) is 0 Å². The lowest BCUT2D eigenvalue weighted by Crippen LogP contribution is -2.50. The Morgan fingerprint density at radius 3 is 2.61 bits per heavy atom. The van der Waals surface area contributed by atoms with Crippen LogP contribution in [0, 0.1) is 0 Å². The fourth-order valence-electron chi connectivity index (χ4n) is 3.53. The van der Waals surface area contributed by atoms with Crippen LogP contribution in [0.5, 0.6) is 0 Å². The quantitative estimate of drug-likeness (QED) is 0.579. The first-order chi connectivity index (χ1) is 15.7. The van der Waals surface area contributed by atoms with E-state index in [2.05, 4.69) is 15.2 Å². The van der Waals surface area contributed by atoms with Crippen molar-refractivity contribution in [3.63, 3.8) is 0 Å². The van der Waals surface area contributed by atoms with Crippen LogP contribution in [0.2, 0.25) is 5.02 Å². The van der Waals surface area contributed by atoms with Crippen molar-refractivity contribution in [3.8, 4) is 11.3 Å². The molecule has 0 atom stereocenters. The smallest absolute Gasteiger partial charge is 0.410 e. The maximum atomic E-state index is 12.2. The molecule has 1 aliphatic heterocycles. The minimum atomic E-state index is -0.475. The molecule has 0 bridgehead atoms. The minimum absolute atomic E-state index is 0.0257. The summed E-state index contributed by atoms with van der Waals surface area (Å²) in [4.78, 5) is 32.6. The van der Waals surface area contributed by atoms with Gasteiger partial charge in [0.05, 0.1) is 11.2 Å². The third-order valence-electron chi connectivity index (χ3n) is 5.26. The van der Waals surface area contributed by atoms with Crippen LogP contribution in [-0.2, 0) is 16.0 Å². The summed E-state index contributed by atoms with van der Waals surface area (Å²) in [6.45, 7) is 10.1. The zero-order valence-electron chi connectivity index (χ0n) is 19.6. The Morgan fingerprint density at radius 2 is 1.91 bits per heavy atom. The van der Waals surface area contributed by atoms with E-state index in [1.807, 2.05) is 39.0 Å². The van der Waals surface area contributed by atoms with E-state index in [0.29, 0.717) is 49.1 Å². The van der Waals surface area contributed by atoms with Gasteiger partial charge < -0.3 is 19.4 Å². The van der Waals surface area contributed by atoms with Crippen LogP contribution in [0.25, 0.3) is 11.3 Å². The van der Waals surface area contributed by atoms with Gasteiger partial charge in [-0.15, -0.1) is 0 Å². The Kier molecular flexibility index (Phi) is 8.74. The molecule has 0 aliphatic carbocycles. The molecule has 1 fully saturated rings. The molecule has 1 saturated heterocycles. The van der Waals surface area contributed by atoms with Gasteiger partial charge in [-0.3, -0.25) is 9.69 Å². The molecule has 1 aliphatic rings. The Morgan fingerprint density at radius 1 is 1.18 bits per heavy atom. The van der Waals surface area contributed by atoms with Crippen LogP contribution >= 0.6 is 11.6 Å². The number of carbonyl (C=O) groups is 2. The highest BCUT2D eigenvalue weighted by molar-refractivity contribution is 6.33. The molecule has 9 heteroatoms. The molecular formula is C24H33ClN4O4. The number of piperazine rings is 1. The highest BCUT2D eigenvalue weighted by Gasteiger charge is 2.25. The molecule has 1 N–H and O–H groups in total. The molecule has 33 heavy (non-hydrogen) atoms. The molecule has 1 aromatic carbocycles. The van der Waals surface area contributed by atoms with E-state index in [4.69, 9.17) is 20.8 Å². The molecule has 2 aromatic rings. The molecule has 8 nitrogen and oxygen atoms in total. The predicted molar refractivity (Wildman–Crippen MR) is 127 cm³/mol. The number of hydrogen-bond donors (Lipinski definition) is 1. The normalized spacial score (nSPS) is 14.8. The Labute approximate surface area is 200 Å². The van der Waals surface area contributed by atoms with Crippen LogP contribution in [-0.4, -0.2) is 71.7 Å². The molecule has 0 radical (unpaired) electrons. The molecular weight excluding hydrogens is 444 g/mol. The van der Waals surface area contributed by atoms with E-state index in [1.54, 1.807) is 17.2 Å². The van der Waals surface area contributed by atoms with Crippen molar-refractivity contribution in [1.82, 2.24) is 20.1 Å². The first-order valence-electron chi connectivity index (χ1n) is 11.4. The van der Waals surface area contributed by atoms with Crippen molar-refractivity contribution < 1.29 is 18.7 Å². The van der Waals surface area contributed by atoms with Crippen molar-refractivity contribution in [2.75, 3.05) is 39.3 Å². The van der Waals surface area contributed by atoms with Crippen molar-refractivity contribution in [2.45, 2.75) is 45.6 Å². The van der Waals surface area contributed by atoms with Crippen LogP contribution in [0.1, 0.15) is 39.5 Å². The molecule has 2 heterocycles. The van der Waals surface area contributed by atoms with Gasteiger partial charge in [-0.1, -0.05) is 23.7 Å². The summed E-state index contributed by atoms with van der Waals surface area (Å²) in [5.41, 5.74) is 0.312. The van der Waals surface area contributed by atoms with Crippen LogP contribution < -0.4 is 5.32 Å². The second-order valence-electron chi connectivity index (χ2n) is 9.11. The van der Waals surface area contributed by atoms with E-state index in [9.17, 15) is 9.59 Å². The van der Waals surface area contributed by atoms with Crippen molar-refractivity contribution in [1.29, 1.82) is 0 Å². The Hall–Kier alpha value is -2.58. The van der Waals surface area contributed by atoms with Crippen molar-refractivity contribution >= 4 is 23.6 Å². The average Bonchev–Trinajstić information content (AvgIpc) is 3.23. The van der Waals surface area contributed by atoms with Crippen LogP contribution in [0.15, 0.2) is 34.9 Å². The number of hydrogen-bond acceptors (Lipinski definition) is 6. The van der Waals surface area contributed by atoms with E-state index in [-0.39, 0.29) is 12.0 Å². The SMILES string of the molecule is CC(C)(C)OC(=O)N1CCN(CCCNC(=O)CCc2ncc(-c3ccccc3Cl)o2)CC1. The number of nitrogens with zero attached hydrogens (tertiary/aromatic N) is 3. The van der Waals surface area contributed by atoms with Gasteiger partial charge in [0.25, 0.3) is 0 Å². The number of benzene rings is 1. The number of amides is 2. The van der Waals surface area contributed by atoms with E-state index < -0.39 is 5.60 Å². The summed E-state index contributed by atoms with van der Waals surface area (Å²) >= 11 is 6.19. The minimum Gasteiger partial charge on any atom is -0.444 e. The molecule has 180 valence electrons. The number of halogens is 1. The summed E-state index contributed by atoms with van der Waals surface area (Å²) in [7, 11) is 0. The fraction of sp³-hybridized carbons (Fsp3) is 0.542. The van der Waals surface area contributed by atoms with Gasteiger partial charge >= 0.3 is 6.09 Å². The third kappa shape index (κ3) is 8.05. The predicted octanol–water partition coefficient (Wildman–Crippen LogP) is 3.99. The number of oxazole rings is 1. The zero-order valence-corrected chi connectivity index (χ0v) is 20.4. The van der Waals surface area contributed by atoms with Crippen molar-refractivity contribution in [3.05, 3.63) is 41.4 Å². The average molecular weight is 477 g/mol. The number of carbonyl (C=O) groups excluding carboxylic acids is 2. The summed E-state index contributed by atoms with van der Waals surface area (Å²) in [5.74, 6) is 1.09. The second-order valence-corrected chi connectivity index (χ2v) is 9.52. The van der Waals surface area contributed by atoms with Gasteiger partial charge in [-0.05, 0) is 45.9 Å². The van der Waals surface area contributed by atoms with Gasteiger partial charge in [0.15, 0.2) is 11.7 Å². The lowest BCUT2D eigenvalue weighted by Gasteiger charge is -2.35. The molecule has 2 amide bonds. The topological polar surface area (TPSA) is 87.9 Å². The Balaban J connectivity index is 1.29. The molecule has 0 unspecified atom stereocenters. The molecule has 0 spiro atoms. The standard InChI is InChI=1S/C24H33ClN4O4/c1-24(2,3)33-23(31)29-15-13-28(14-16-29)12-6-11-26-21(30)9-10-22-27-17-20(32-22)18-7-4-5-8-19(18)25/h4-5,7-8,17H,6,9-16H2,1-3H3,(H,26,30). The maximum absolute atomic E-state index is 12.2. The number of nitrogens with one attached hydrogen (secondary N) is 1. The van der Waals surface area contributed by atoms with Gasteiger partial charge in [0.2, 0.25) is 5.91 Å². The van der Waals surface area contributed by atoms with Gasteiger partial charge in [-0.2, -0.15) is 0 Å². The first kappa shape index (κ1) is 25.1. The first-order valence-corrected chi connectivity index (χ1v) is 11.8. The summed E-state index contributed by atoms with van der Waals surface area (Å²) < 4.78 is 11.2. The van der Waals surface area contributed by atoms with E-state index in [0.717, 1.165) is 31.6 Å². The molecule has 1 aromatic heterocycles. The van der Waals surface area contributed by atoms with Crippen LogP contribution in [0.4, 0.5) is 4.79 Å². The number of ether oxygens (including phenoxy) is 1. The maximum Gasteiger partial charge on any atom is 0.410 e. The number of aromatic nitrogens is 1. The third-order valence-corrected chi connectivity index (χ3v) is 5.59. The van der Waals surface area contributed by atoms with Gasteiger partial charge in [-0.25, -0.2) is 9.78 Å². The molecule has 0 saturated carbocycles. The lowest BCUT2D eigenvalue weighted by atomic mass is 10.2. The zero-order chi connectivity index (χ0) is 23.8. The van der Waals surface area contributed by atoms with E-state index >= 15 is 0 Å². The van der Waals surface area contributed by atoms with Gasteiger partial charge in [0.1, 0.15) is 5.60 Å². The lowest BCUT2D eigenvalue weighted by molar-refractivity contribution is -0.121. The highest BCUT2D eigenvalue weighted by Crippen LogP contribution is 2.28.